The van der Waals surface area contributed by atoms with Crippen molar-refractivity contribution in [3.8, 4) is 0 Å². The number of nitrogens with one attached hydrogen (secondary N) is 1. The zero-order chi connectivity index (χ0) is 9.56. The van der Waals surface area contributed by atoms with E-state index in [-0.39, 0.29) is 11.9 Å². The van der Waals surface area contributed by atoms with Crippen LogP contribution in [0.3, 0.4) is 0 Å². The molecule has 0 aromatic heterocycles. The van der Waals surface area contributed by atoms with Gasteiger partial charge in [0.25, 0.3) is 0 Å². The first kappa shape index (κ1) is 11.3. The smallest absolute Gasteiger partial charge is 0.124 e. The summed E-state index contributed by atoms with van der Waals surface area (Å²) in [5, 5.41) is 2.90. The molecule has 0 amide bonds. The molecule has 12 heavy (non-hydrogen) atoms. The Morgan fingerprint density at radius 3 is 2.67 bits per heavy atom. The molecule has 0 unspecified atom stereocenters. The predicted molar refractivity (Wildman–Crippen MR) is 48.7 cm³/mol. The number of likely N-dealkylation sites (N-methyl/N-ethyl adjacent to an activating group) is 1. The molecule has 3 heteroatoms. The summed E-state index contributed by atoms with van der Waals surface area (Å²) >= 11 is 0. The molecule has 0 spiro atoms. The Morgan fingerprint density at radius 2 is 2.33 bits per heavy atom. The van der Waals surface area contributed by atoms with Crippen LogP contribution in [0.15, 0.2) is 24.1 Å². The highest BCUT2D eigenvalue weighted by Crippen LogP contribution is 2.14. The van der Waals surface area contributed by atoms with Gasteiger partial charge in [0.05, 0.1) is 6.10 Å². The molecule has 1 N–H and O–H groups in total. The van der Waals surface area contributed by atoms with Gasteiger partial charge in [-0.3, -0.25) is 0 Å². The lowest BCUT2D eigenvalue weighted by Crippen LogP contribution is -2.27. The largest absolute Gasteiger partial charge is 0.375 e. The molecular weight excluding hydrogens is 157 g/mol. The van der Waals surface area contributed by atoms with Crippen LogP contribution in [0, 0.1) is 0 Å². The van der Waals surface area contributed by atoms with Crippen molar-refractivity contribution in [2.24, 2.45) is 0 Å². The molecule has 0 aromatic carbocycles. The summed E-state index contributed by atoms with van der Waals surface area (Å²) in [6, 6.07) is 0. The normalized spacial score (nSPS) is 14.5. The van der Waals surface area contributed by atoms with Gasteiger partial charge in [-0.2, -0.15) is 0 Å². The van der Waals surface area contributed by atoms with E-state index in [0.29, 0.717) is 12.1 Å². The highest BCUT2D eigenvalue weighted by Gasteiger charge is 2.13. The van der Waals surface area contributed by atoms with Crippen LogP contribution >= 0.6 is 0 Å². The van der Waals surface area contributed by atoms with E-state index in [2.05, 4.69) is 11.9 Å². The fourth-order valence-corrected chi connectivity index (χ4v) is 0.873. The van der Waals surface area contributed by atoms with E-state index in [1.165, 1.54) is 13.2 Å². The number of hydrogen-bond acceptors (Lipinski definition) is 2. The zero-order valence-corrected chi connectivity index (χ0v) is 7.86. The van der Waals surface area contributed by atoms with Crippen molar-refractivity contribution in [3.63, 3.8) is 0 Å². The van der Waals surface area contributed by atoms with E-state index in [0.717, 1.165) is 0 Å². The number of allylic oxidation sites excluding steroid dienone is 1. The van der Waals surface area contributed by atoms with Crippen molar-refractivity contribution < 1.29 is 9.13 Å². The molecule has 0 aliphatic carbocycles. The third kappa shape index (κ3) is 3.15. The molecular formula is C9H16FNO. The second-order valence-electron chi connectivity index (χ2n) is 2.44. The minimum Gasteiger partial charge on any atom is -0.375 e. The summed E-state index contributed by atoms with van der Waals surface area (Å²) in [5.41, 5.74) is 0.384. The summed E-state index contributed by atoms with van der Waals surface area (Å²) < 4.78 is 18.0. The monoisotopic (exact) mass is 173 g/mol. The molecule has 0 saturated heterocycles. The van der Waals surface area contributed by atoms with Crippen molar-refractivity contribution in [2.45, 2.75) is 13.0 Å². The molecule has 1 atom stereocenters. The molecule has 0 rings (SSSR count). The zero-order valence-electron chi connectivity index (χ0n) is 7.86. The maximum atomic E-state index is 12.9. The topological polar surface area (TPSA) is 21.3 Å². The van der Waals surface area contributed by atoms with Crippen LogP contribution in [0.25, 0.3) is 0 Å². The van der Waals surface area contributed by atoms with Gasteiger partial charge in [0.1, 0.15) is 5.83 Å². The van der Waals surface area contributed by atoms with Crippen LogP contribution in [0.1, 0.15) is 6.92 Å². The quantitative estimate of drug-likeness (QED) is 0.638. The average Bonchev–Trinajstić information content (AvgIpc) is 2.11. The van der Waals surface area contributed by atoms with Crippen LogP contribution in [0.2, 0.25) is 0 Å². The highest BCUT2D eigenvalue weighted by atomic mass is 19.1. The van der Waals surface area contributed by atoms with Gasteiger partial charge < -0.3 is 10.1 Å². The lowest BCUT2D eigenvalue weighted by atomic mass is 10.1. The first-order chi connectivity index (χ1) is 5.67. The molecule has 0 aliphatic rings. The van der Waals surface area contributed by atoms with Crippen molar-refractivity contribution in [2.75, 3.05) is 20.7 Å². The standard InChI is InChI=1S/C9H16FNO/c1-5-8(10)7(2)9(12-4)6-11-3/h5,9,11H,2,6H2,1,3-4H3/b8-5+/t9-/m0/s1. The van der Waals surface area contributed by atoms with Crippen LogP contribution in [-0.4, -0.2) is 26.8 Å². The highest BCUT2D eigenvalue weighted by molar-refractivity contribution is 5.25. The molecule has 0 radical (unpaired) electrons. The Labute approximate surface area is 73.1 Å². The van der Waals surface area contributed by atoms with Crippen LogP contribution in [0.4, 0.5) is 4.39 Å². The van der Waals surface area contributed by atoms with E-state index in [4.69, 9.17) is 4.74 Å². The van der Waals surface area contributed by atoms with E-state index in [1.54, 1.807) is 14.0 Å². The fourth-order valence-electron chi connectivity index (χ4n) is 0.873. The fraction of sp³-hybridized carbons (Fsp3) is 0.556. The molecule has 0 aromatic rings. The van der Waals surface area contributed by atoms with Crippen molar-refractivity contribution in [1.82, 2.24) is 5.32 Å². The Morgan fingerprint density at radius 1 is 1.75 bits per heavy atom. The summed E-state index contributed by atoms with van der Waals surface area (Å²) in [6.45, 7) is 5.80. The van der Waals surface area contributed by atoms with Crippen molar-refractivity contribution in [3.05, 3.63) is 24.1 Å². The Kier molecular flexibility index (Phi) is 5.58. The third-order valence-corrected chi connectivity index (χ3v) is 1.62. The summed E-state index contributed by atoms with van der Waals surface area (Å²) in [4.78, 5) is 0. The summed E-state index contributed by atoms with van der Waals surface area (Å²) in [7, 11) is 3.32. The summed E-state index contributed by atoms with van der Waals surface area (Å²) in [5.74, 6) is -0.308. The van der Waals surface area contributed by atoms with Crippen LogP contribution in [0.5, 0.6) is 0 Å². The van der Waals surface area contributed by atoms with Gasteiger partial charge in [0, 0.05) is 19.2 Å². The Balaban J connectivity index is 4.21. The second-order valence-corrected chi connectivity index (χ2v) is 2.44. The molecule has 0 fully saturated rings. The maximum Gasteiger partial charge on any atom is 0.124 e. The molecule has 2 nitrogen and oxygen atoms in total. The van der Waals surface area contributed by atoms with Crippen molar-refractivity contribution in [1.29, 1.82) is 0 Å². The molecule has 0 aliphatic heterocycles. The van der Waals surface area contributed by atoms with Gasteiger partial charge in [-0.05, 0) is 14.0 Å². The van der Waals surface area contributed by atoms with Crippen molar-refractivity contribution >= 4 is 0 Å². The van der Waals surface area contributed by atoms with Gasteiger partial charge in [0.2, 0.25) is 0 Å². The van der Waals surface area contributed by atoms with Crippen LogP contribution in [-0.2, 0) is 4.74 Å². The van der Waals surface area contributed by atoms with E-state index >= 15 is 0 Å². The number of rotatable bonds is 5. The second kappa shape index (κ2) is 5.91. The number of halogens is 1. The molecule has 70 valence electrons. The number of hydrogen-bond donors (Lipinski definition) is 1. The van der Waals surface area contributed by atoms with Crippen LogP contribution < -0.4 is 5.32 Å². The van der Waals surface area contributed by atoms with Gasteiger partial charge in [-0.1, -0.05) is 12.7 Å². The maximum absolute atomic E-state index is 12.9. The Bertz CT molecular complexity index is 177. The lowest BCUT2D eigenvalue weighted by Gasteiger charge is -2.15. The lowest BCUT2D eigenvalue weighted by molar-refractivity contribution is 0.131. The average molecular weight is 173 g/mol. The molecule has 0 bridgehead atoms. The predicted octanol–water partition coefficient (Wildman–Crippen LogP) is 1.65. The van der Waals surface area contributed by atoms with Gasteiger partial charge in [-0.15, -0.1) is 0 Å². The van der Waals surface area contributed by atoms with Gasteiger partial charge in [0.15, 0.2) is 0 Å². The first-order valence-corrected chi connectivity index (χ1v) is 3.85. The van der Waals surface area contributed by atoms with E-state index in [9.17, 15) is 4.39 Å². The SMILES string of the molecule is C=C(/C(F)=C\C)[C@H](CNC)OC. The third-order valence-electron chi connectivity index (χ3n) is 1.62. The molecule has 0 heterocycles. The minimum absolute atomic E-state index is 0.286. The molecule has 0 saturated carbocycles. The summed E-state index contributed by atoms with van der Waals surface area (Å²) in [6.07, 6.45) is 1.09. The minimum atomic E-state index is -0.308. The Hall–Kier alpha value is -0.670. The number of methoxy groups -OCH3 is 1. The van der Waals surface area contributed by atoms with Gasteiger partial charge >= 0.3 is 0 Å². The van der Waals surface area contributed by atoms with E-state index < -0.39 is 0 Å². The first-order valence-electron chi connectivity index (χ1n) is 3.85. The van der Waals surface area contributed by atoms with E-state index in [1.807, 2.05) is 0 Å². The number of ether oxygens (including phenoxy) is 1. The van der Waals surface area contributed by atoms with Gasteiger partial charge in [-0.25, -0.2) is 4.39 Å².